The summed E-state index contributed by atoms with van der Waals surface area (Å²) in [4.78, 5) is 2.48. The van der Waals surface area contributed by atoms with Crippen LogP contribution in [0.3, 0.4) is 0 Å². The van der Waals surface area contributed by atoms with Crippen LogP contribution in [0.15, 0.2) is 52.3 Å². The summed E-state index contributed by atoms with van der Waals surface area (Å²) < 4.78 is 0. The van der Waals surface area contributed by atoms with Gasteiger partial charge in [-0.05, 0) is 25.5 Å². The fourth-order valence-corrected chi connectivity index (χ4v) is 2.34. The smallest absolute Gasteiger partial charge is 0.0130 e. The van der Waals surface area contributed by atoms with E-state index in [1.54, 1.807) is 11.8 Å². The molecule has 0 amide bonds. The van der Waals surface area contributed by atoms with Gasteiger partial charge in [-0.3, -0.25) is 0 Å². The van der Waals surface area contributed by atoms with E-state index in [0.717, 1.165) is 0 Å². The van der Waals surface area contributed by atoms with E-state index in [0.29, 0.717) is 0 Å². The third-order valence-electron chi connectivity index (χ3n) is 2.23. The first-order chi connectivity index (χ1) is 7.25. The van der Waals surface area contributed by atoms with Crippen LogP contribution in [0, 0.1) is 19.9 Å². The van der Waals surface area contributed by atoms with Crippen LogP contribution in [-0.2, 0) is 32.7 Å². The Hall–Kier alpha value is -0.106. The molecule has 0 nitrogen and oxygen atoms in total. The van der Waals surface area contributed by atoms with Crippen LogP contribution in [0.25, 0.3) is 0 Å². The summed E-state index contributed by atoms with van der Waals surface area (Å²) in [6, 6.07) is 17.8. The van der Waals surface area contributed by atoms with Crippen molar-refractivity contribution in [2.45, 2.75) is 23.6 Å². The van der Waals surface area contributed by atoms with Crippen LogP contribution in [0.5, 0.6) is 0 Å². The maximum atomic E-state index is 3.22. The van der Waals surface area contributed by atoms with E-state index in [-0.39, 0.29) is 32.7 Å². The van der Waals surface area contributed by atoms with E-state index in [1.165, 1.54) is 20.9 Å². The standard InChI is InChI=1S/C14H13S.Y/c1-11-8-9-14(12(2)10-11)15-13-6-4-3-5-7-13;/h3-6,8-10H,1-2H3;/q-1;. The van der Waals surface area contributed by atoms with E-state index < -0.39 is 0 Å². The molecule has 1 radical (unpaired) electrons. The molecule has 0 aliphatic heterocycles. The molecule has 0 aliphatic carbocycles. The molecule has 0 saturated carbocycles. The Bertz CT molecular complexity index is 452. The third-order valence-corrected chi connectivity index (χ3v) is 3.38. The van der Waals surface area contributed by atoms with Crippen LogP contribution in [0.1, 0.15) is 11.1 Å². The Kier molecular flexibility index (Phi) is 5.74. The summed E-state index contributed by atoms with van der Waals surface area (Å²) in [5, 5.41) is 0. The van der Waals surface area contributed by atoms with Crippen LogP contribution >= 0.6 is 11.8 Å². The summed E-state index contributed by atoms with van der Waals surface area (Å²) in [6.07, 6.45) is 0. The van der Waals surface area contributed by atoms with Gasteiger partial charge in [0.15, 0.2) is 0 Å². The number of rotatable bonds is 2. The topological polar surface area (TPSA) is 0 Å². The second-order valence-corrected chi connectivity index (χ2v) is 4.68. The SMILES string of the molecule is Cc1ccc(Sc2[c-]cccc2)c(C)c1.[Y]. The Morgan fingerprint density at radius 3 is 2.50 bits per heavy atom. The largest absolute Gasteiger partial charge is 0.176 e. The molecule has 0 N–H and O–H groups in total. The monoisotopic (exact) mass is 302 g/mol. The first-order valence-electron chi connectivity index (χ1n) is 4.97. The van der Waals surface area contributed by atoms with Gasteiger partial charge >= 0.3 is 0 Å². The van der Waals surface area contributed by atoms with Gasteiger partial charge in [0.2, 0.25) is 0 Å². The van der Waals surface area contributed by atoms with Crippen molar-refractivity contribution in [2.75, 3.05) is 0 Å². The molecule has 79 valence electrons. The molecular formula is C14H13SY-. The van der Waals surface area contributed by atoms with Crippen molar-refractivity contribution in [1.29, 1.82) is 0 Å². The summed E-state index contributed by atoms with van der Waals surface area (Å²) in [5.74, 6) is 0. The average Bonchev–Trinajstić information content (AvgIpc) is 2.24. The van der Waals surface area contributed by atoms with E-state index in [4.69, 9.17) is 0 Å². The van der Waals surface area contributed by atoms with Crippen molar-refractivity contribution in [3.63, 3.8) is 0 Å². The molecule has 2 aromatic carbocycles. The maximum absolute atomic E-state index is 3.22. The predicted molar refractivity (Wildman–Crippen MR) is 65.3 cm³/mol. The van der Waals surface area contributed by atoms with Crippen molar-refractivity contribution in [1.82, 2.24) is 0 Å². The van der Waals surface area contributed by atoms with Crippen LogP contribution in [-0.4, -0.2) is 0 Å². The normalized spacial score (nSPS) is 9.62. The second kappa shape index (κ2) is 6.59. The summed E-state index contributed by atoms with van der Waals surface area (Å²) >= 11 is 1.77. The van der Waals surface area contributed by atoms with E-state index >= 15 is 0 Å². The Labute approximate surface area is 127 Å². The minimum Gasteiger partial charge on any atom is -0.176 e. The molecule has 0 saturated heterocycles. The minimum atomic E-state index is 0. The average molecular weight is 302 g/mol. The summed E-state index contributed by atoms with van der Waals surface area (Å²) in [6.45, 7) is 4.27. The van der Waals surface area contributed by atoms with Gasteiger partial charge in [0, 0.05) is 37.6 Å². The predicted octanol–water partition coefficient (Wildman–Crippen LogP) is 4.25. The molecule has 0 fully saturated rings. The molecular weight excluding hydrogens is 289 g/mol. The number of aryl methyl sites for hydroxylation is 2. The fourth-order valence-electron chi connectivity index (χ4n) is 1.47. The van der Waals surface area contributed by atoms with Crippen LogP contribution < -0.4 is 0 Å². The molecule has 0 bridgehead atoms. The maximum Gasteiger partial charge on any atom is 0.0130 e. The van der Waals surface area contributed by atoms with Crippen LogP contribution in [0.4, 0.5) is 0 Å². The van der Waals surface area contributed by atoms with Gasteiger partial charge in [-0.2, -0.15) is 30.3 Å². The molecule has 0 heterocycles. The summed E-state index contributed by atoms with van der Waals surface area (Å²) in [7, 11) is 0. The molecule has 2 rings (SSSR count). The van der Waals surface area contributed by atoms with Gasteiger partial charge in [0.05, 0.1) is 0 Å². The molecule has 0 unspecified atom stereocenters. The van der Waals surface area contributed by atoms with Crippen molar-refractivity contribution < 1.29 is 32.7 Å². The zero-order valence-electron chi connectivity index (χ0n) is 9.53. The quantitative estimate of drug-likeness (QED) is 0.747. The Morgan fingerprint density at radius 1 is 1.06 bits per heavy atom. The molecule has 2 aromatic rings. The molecule has 16 heavy (non-hydrogen) atoms. The Morgan fingerprint density at radius 2 is 1.88 bits per heavy atom. The van der Waals surface area contributed by atoms with E-state index in [1.807, 2.05) is 18.2 Å². The van der Waals surface area contributed by atoms with Crippen LogP contribution in [0.2, 0.25) is 0 Å². The zero-order valence-corrected chi connectivity index (χ0v) is 13.2. The van der Waals surface area contributed by atoms with Crippen molar-refractivity contribution in [3.8, 4) is 0 Å². The van der Waals surface area contributed by atoms with E-state index in [2.05, 4.69) is 44.2 Å². The van der Waals surface area contributed by atoms with E-state index in [9.17, 15) is 0 Å². The summed E-state index contributed by atoms with van der Waals surface area (Å²) in [5.41, 5.74) is 2.64. The number of hydrogen-bond acceptors (Lipinski definition) is 1. The zero-order chi connectivity index (χ0) is 10.7. The van der Waals surface area contributed by atoms with Gasteiger partial charge < -0.3 is 0 Å². The van der Waals surface area contributed by atoms with Gasteiger partial charge in [0.1, 0.15) is 0 Å². The first-order valence-corrected chi connectivity index (χ1v) is 5.79. The molecule has 0 spiro atoms. The molecule has 2 heteroatoms. The molecule has 0 atom stereocenters. The number of benzene rings is 2. The van der Waals surface area contributed by atoms with Gasteiger partial charge in [0.25, 0.3) is 0 Å². The molecule has 0 aromatic heterocycles. The van der Waals surface area contributed by atoms with Gasteiger partial charge in [-0.1, -0.05) is 17.7 Å². The van der Waals surface area contributed by atoms with Gasteiger partial charge in [-0.25, -0.2) is 0 Å². The molecule has 0 aliphatic rings. The second-order valence-electron chi connectivity index (χ2n) is 3.60. The Balaban J connectivity index is 0.00000128. The minimum absolute atomic E-state index is 0. The first kappa shape index (κ1) is 14.0. The van der Waals surface area contributed by atoms with Crippen molar-refractivity contribution in [3.05, 3.63) is 59.7 Å². The third kappa shape index (κ3) is 3.73. The van der Waals surface area contributed by atoms with Crippen molar-refractivity contribution >= 4 is 11.8 Å². The van der Waals surface area contributed by atoms with Gasteiger partial charge in [-0.15, -0.1) is 16.7 Å². The van der Waals surface area contributed by atoms with Crippen molar-refractivity contribution in [2.24, 2.45) is 0 Å². The number of hydrogen-bond donors (Lipinski definition) is 0. The fraction of sp³-hybridized carbons (Fsp3) is 0.143.